The van der Waals surface area contributed by atoms with Crippen LogP contribution in [0.15, 0.2) is 48.5 Å². The molecule has 0 aliphatic rings. The third kappa shape index (κ3) is 4.47. The molecule has 1 unspecified atom stereocenters. The van der Waals surface area contributed by atoms with Gasteiger partial charge in [0.15, 0.2) is 0 Å². The van der Waals surface area contributed by atoms with Crippen LogP contribution in [0.3, 0.4) is 0 Å². The zero-order valence-corrected chi connectivity index (χ0v) is 12.5. The van der Waals surface area contributed by atoms with Crippen molar-refractivity contribution >= 4 is 12.4 Å². The lowest BCUT2D eigenvalue weighted by molar-refractivity contribution is -0.137. The molecule has 120 valence electrons. The van der Waals surface area contributed by atoms with Gasteiger partial charge in [-0.2, -0.15) is 13.2 Å². The highest BCUT2D eigenvalue weighted by atomic mass is 35.5. The summed E-state index contributed by atoms with van der Waals surface area (Å²) < 4.78 is 38.2. The van der Waals surface area contributed by atoms with E-state index in [1.165, 1.54) is 6.07 Å². The van der Waals surface area contributed by atoms with Gasteiger partial charge >= 0.3 is 6.18 Å². The summed E-state index contributed by atoms with van der Waals surface area (Å²) in [6, 6.07) is 11.9. The normalized spacial score (nSPS) is 12.6. The van der Waals surface area contributed by atoms with Crippen LogP contribution in [0.2, 0.25) is 0 Å². The molecule has 0 fully saturated rings. The predicted octanol–water partition coefficient (Wildman–Crippen LogP) is 4.18. The number of rotatable bonds is 4. The van der Waals surface area contributed by atoms with E-state index < -0.39 is 11.7 Å². The monoisotopic (exact) mass is 331 g/mol. The summed E-state index contributed by atoms with van der Waals surface area (Å²) in [5, 5.41) is 8.91. The molecule has 0 radical (unpaired) electrons. The maximum Gasteiger partial charge on any atom is 0.416 e. The van der Waals surface area contributed by atoms with Gasteiger partial charge in [0.1, 0.15) is 0 Å². The molecule has 0 bridgehead atoms. The standard InChI is InChI=1S/C16H16F3NO.ClH/c17-16(18,19)14-6-2-4-12(10-14)11-3-1-5-13(9-11)15(20)7-8-21;/h1-6,9-10,15,21H,7-8,20H2;1H. The number of hydrogen-bond donors (Lipinski definition) is 2. The van der Waals surface area contributed by atoms with Gasteiger partial charge < -0.3 is 10.8 Å². The van der Waals surface area contributed by atoms with Crippen molar-refractivity contribution < 1.29 is 18.3 Å². The van der Waals surface area contributed by atoms with Crippen molar-refractivity contribution in [2.24, 2.45) is 5.73 Å². The number of aliphatic hydroxyl groups excluding tert-OH is 1. The van der Waals surface area contributed by atoms with Crippen LogP contribution in [0.1, 0.15) is 23.6 Å². The first kappa shape index (κ1) is 18.5. The first-order valence-electron chi connectivity index (χ1n) is 6.56. The van der Waals surface area contributed by atoms with Crippen molar-refractivity contribution in [1.82, 2.24) is 0 Å². The lowest BCUT2D eigenvalue weighted by Crippen LogP contribution is -2.11. The Hall–Kier alpha value is -1.56. The van der Waals surface area contributed by atoms with Crippen LogP contribution < -0.4 is 5.73 Å². The van der Waals surface area contributed by atoms with E-state index in [-0.39, 0.29) is 25.1 Å². The Bertz CT molecular complexity index is 616. The van der Waals surface area contributed by atoms with E-state index in [2.05, 4.69) is 0 Å². The zero-order chi connectivity index (χ0) is 15.5. The van der Waals surface area contributed by atoms with E-state index in [4.69, 9.17) is 10.8 Å². The molecule has 22 heavy (non-hydrogen) atoms. The van der Waals surface area contributed by atoms with Gasteiger partial charge in [-0.3, -0.25) is 0 Å². The molecule has 0 aromatic heterocycles. The van der Waals surface area contributed by atoms with Gasteiger partial charge in [0.25, 0.3) is 0 Å². The van der Waals surface area contributed by atoms with Gasteiger partial charge in [0.05, 0.1) is 5.56 Å². The van der Waals surface area contributed by atoms with E-state index in [0.717, 1.165) is 17.7 Å². The molecule has 0 aliphatic carbocycles. The minimum absolute atomic E-state index is 0. The number of halogens is 4. The summed E-state index contributed by atoms with van der Waals surface area (Å²) in [6.07, 6.45) is -3.95. The molecule has 1 atom stereocenters. The Morgan fingerprint density at radius 1 is 1.00 bits per heavy atom. The minimum atomic E-state index is -4.36. The Kier molecular flexibility index (Phi) is 6.41. The quantitative estimate of drug-likeness (QED) is 0.883. The van der Waals surface area contributed by atoms with Gasteiger partial charge in [-0.1, -0.05) is 30.3 Å². The second kappa shape index (κ2) is 7.63. The van der Waals surface area contributed by atoms with Crippen molar-refractivity contribution in [1.29, 1.82) is 0 Å². The van der Waals surface area contributed by atoms with Gasteiger partial charge in [-0.25, -0.2) is 0 Å². The van der Waals surface area contributed by atoms with Crippen molar-refractivity contribution in [3.63, 3.8) is 0 Å². The van der Waals surface area contributed by atoms with Crippen LogP contribution in [-0.4, -0.2) is 11.7 Å². The van der Waals surface area contributed by atoms with Gasteiger partial charge in [0.2, 0.25) is 0 Å². The third-order valence-electron chi connectivity index (χ3n) is 3.28. The van der Waals surface area contributed by atoms with Gasteiger partial charge in [0, 0.05) is 12.6 Å². The first-order chi connectivity index (χ1) is 9.91. The average molecular weight is 332 g/mol. The molecule has 0 aliphatic heterocycles. The molecule has 2 aromatic rings. The lowest BCUT2D eigenvalue weighted by atomic mass is 9.97. The summed E-state index contributed by atoms with van der Waals surface area (Å²) in [7, 11) is 0. The molecule has 0 amide bonds. The summed E-state index contributed by atoms with van der Waals surface area (Å²) in [4.78, 5) is 0. The molecule has 2 aromatic carbocycles. The number of aliphatic hydroxyl groups is 1. The molecule has 2 nitrogen and oxygen atoms in total. The third-order valence-corrected chi connectivity index (χ3v) is 3.28. The Morgan fingerprint density at radius 2 is 1.59 bits per heavy atom. The van der Waals surface area contributed by atoms with Gasteiger partial charge in [-0.05, 0) is 41.3 Å². The first-order valence-corrected chi connectivity index (χ1v) is 6.56. The van der Waals surface area contributed by atoms with E-state index in [1.54, 1.807) is 30.3 Å². The van der Waals surface area contributed by atoms with Gasteiger partial charge in [-0.15, -0.1) is 12.4 Å². The van der Waals surface area contributed by atoms with Crippen molar-refractivity contribution in [3.05, 3.63) is 59.7 Å². The summed E-state index contributed by atoms with van der Waals surface area (Å²) >= 11 is 0. The molecule has 6 heteroatoms. The molecule has 0 saturated carbocycles. The molecule has 2 rings (SSSR count). The van der Waals surface area contributed by atoms with Crippen LogP contribution in [0, 0.1) is 0 Å². The number of nitrogens with two attached hydrogens (primary N) is 1. The molecule has 3 N–H and O–H groups in total. The van der Waals surface area contributed by atoms with Crippen molar-refractivity contribution in [2.45, 2.75) is 18.6 Å². The van der Waals surface area contributed by atoms with Crippen LogP contribution in [0.5, 0.6) is 0 Å². The Morgan fingerprint density at radius 3 is 2.18 bits per heavy atom. The molecule has 0 heterocycles. The number of benzene rings is 2. The second-order valence-corrected chi connectivity index (χ2v) is 4.82. The lowest BCUT2D eigenvalue weighted by Gasteiger charge is -2.13. The highest BCUT2D eigenvalue weighted by molar-refractivity contribution is 5.85. The topological polar surface area (TPSA) is 46.2 Å². The minimum Gasteiger partial charge on any atom is -0.396 e. The highest BCUT2D eigenvalue weighted by Crippen LogP contribution is 2.32. The fourth-order valence-corrected chi connectivity index (χ4v) is 2.13. The largest absolute Gasteiger partial charge is 0.416 e. The molecule has 0 spiro atoms. The van der Waals surface area contributed by atoms with Crippen LogP contribution in [0.25, 0.3) is 11.1 Å². The van der Waals surface area contributed by atoms with E-state index in [1.807, 2.05) is 0 Å². The highest BCUT2D eigenvalue weighted by Gasteiger charge is 2.30. The Balaban J connectivity index is 0.00000242. The van der Waals surface area contributed by atoms with Crippen LogP contribution >= 0.6 is 12.4 Å². The van der Waals surface area contributed by atoms with E-state index in [0.29, 0.717) is 17.5 Å². The number of hydrogen-bond acceptors (Lipinski definition) is 2. The molecular weight excluding hydrogens is 315 g/mol. The fraction of sp³-hybridized carbons (Fsp3) is 0.250. The zero-order valence-electron chi connectivity index (χ0n) is 11.7. The summed E-state index contributed by atoms with van der Waals surface area (Å²) in [5.74, 6) is 0. The van der Waals surface area contributed by atoms with E-state index >= 15 is 0 Å². The second-order valence-electron chi connectivity index (χ2n) is 4.82. The average Bonchev–Trinajstić information content (AvgIpc) is 2.47. The van der Waals surface area contributed by atoms with Crippen LogP contribution in [0.4, 0.5) is 13.2 Å². The SMILES string of the molecule is Cl.NC(CCO)c1cccc(-c2cccc(C(F)(F)F)c2)c1. The van der Waals surface area contributed by atoms with Crippen molar-refractivity contribution in [2.75, 3.05) is 6.61 Å². The van der Waals surface area contributed by atoms with Crippen molar-refractivity contribution in [3.8, 4) is 11.1 Å². The number of alkyl halides is 3. The molecule has 0 saturated heterocycles. The smallest absolute Gasteiger partial charge is 0.396 e. The maximum absolute atomic E-state index is 12.7. The van der Waals surface area contributed by atoms with Crippen LogP contribution in [-0.2, 0) is 6.18 Å². The Labute approximate surface area is 133 Å². The van der Waals surface area contributed by atoms with E-state index in [9.17, 15) is 13.2 Å². The molecular formula is C16H17ClF3NO. The maximum atomic E-state index is 12.7. The predicted molar refractivity (Wildman–Crippen MR) is 82.8 cm³/mol. The fourth-order valence-electron chi connectivity index (χ4n) is 2.13. The summed E-state index contributed by atoms with van der Waals surface area (Å²) in [5.41, 5.74) is 7.19. The summed E-state index contributed by atoms with van der Waals surface area (Å²) in [6.45, 7) is -0.0328.